The molecule has 184 valence electrons. The lowest BCUT2D eigenvalue weighted by Crippen LogP contribution is -2.17. The highest BCUT2D eigenvalue weighted by Gasteiger charge is 2.31. The first-order valence-corrected chi connectivity index (χ1v) is 11.9. The van der Waals surface area contributed by atoms with Gasteiger partial charge in [0.25, 0.3) is 0 Å². The summed E-state index contributed by atoms with van der Waals surface area (Å²) in [5.41, 5.74) is 6.01. The fourth-order valence-electron chi connectivity index (χ4n) is 4.61. The van der Waals surface area contributed by atoms with Gasteiger partial charge in [0.15, 0.2) is 5.78 Å². The average Bonchev–Trinajstić information content (AvgIpc) is 3.18. The molecule has 4 nitrogen and oxygen atoms in total. The van der Waals surface area contributed by atoms with E-state index in [1.54, 1.807) is 12.3 Å². The van der Waals surface area contributed by atoms with Crippen molar-refractivity contribution in [2.24, 2.45) is 5.92 Å². The predicted molar refractivity (Wildman–Crippen MR) is 131 cm³/mol. The van der Waals surface area contributed by atoms with Gasteiger partial charge in [-0.3, -0.25) is 4.79 Å². The van der Waals surface area contributed by atoms with Crippen molar-refractivity contribution in [2.75, 3.05) is 0 Å². The summed E-state index contributed by atoms with van der Waals surface area (Å²) >= 11 is 0. The lowest BCUT2D eigenvalue weighted by Gasteiger charge is -2.10. The van der Waals surface area contributed by atoms with Crippen LogP contribution in [0.5, 0.6) is 5.75 Å². The molecule has 0 saturated heterocycles. The minimum absolute atomic E-state index is 0.184. The van der Waals surface area contributed by atoms with E-state index in [-0.39, 0.29) is 11.5 Å². The number of carbonyl (C=O) groups excluding carboxylic acids is 1. The molecule has 35 heavy (non-hydrogen) atoms. The van der Waals surface area contributed by atoms with Crippen molar-refractivity contribution in [2.45, 2.75) is 59.2 Å². The number of nitrogens with zero attached hydrogens (tertiary/aromatic N) is 1. The Morgan fingerprint density at radius 2 is 2.00 bits per heavy atom. The molecule has 1 atom stereocenters. The number of Topliss-reactive ketones (excluding diaryl/α,β-unsaturated/α-hetero) is 1. The number of ketones is 1. The molecule has 3 aromatic rings. The Bertz CT molecular complexity index is 1300. The summed E-state index contributed by atoms with van der Waals surface area (Å²) in [7, 11) is 0. The van der Waals surface area contributed by atoms with Gasteiger partial charge < -0.3 is 9.72 Å². The highest BCUT2D eigenvalue weighted by Crippen LogP contribution is 2.31. The van der Waals surface area contributed by atoms with E-state index in [0.29, 0.717) is 35.7 Å². The number of aromatic amines is 1. The molecule has 0 spiro atoms. The first kappa shape index (κ1) is 24.8. The highest BCUT2D eigenvalue weighted by atomic mass is 19.4. The normalized spacial score (nSPS) is 16.9. The lowest BCUT2D eigenvalue weighted by atomic mass is 9.94. The number of hydrogen-bond acceptors (Lipinski definition) is 3. The van der Waals surface area contributed by atoms with Crippen LogP contribution in [-0.4, -0.2) is 22.1 Å². The smallest absolute Gasteiger partial charge is 0.406 e. The summed E-state index contributed by atoms with van der Waals surface area (Å²) in [5.74, 6) is 0.424. The molecule has 0 saturated carbocycles. The molecular weight excluding hydrogens is 453 g/mol. The van der Waals surface area contributed by atoms with Crippen LogP contribution in [0.3, 0.4) is 0 Å². The van der Waals surface area contributed by atoms with E-state index in [9.17, 15) is 18.0 Å². The molecule has 0 aliphatic heterocycles. The SMILES string of the molecule is CCC1C=C(C)C(C)=C(C(=O)CCc2cnc3[nH]c(-c4cccc(OC(F)(F)F)c4)cc3c2)CC1. The predicted octanol–water partition coefficient (Wildman–Crippen LogP) is 7.71. The van der Waals surface area contributed by atoms with E-state index >= 15 is 0 Å². The third-order valence-electron chi connectivity index (χ3n) is 6.70. The van der Waals surface area contributed by atoms with E-state index in [1.807, 2.05) is 19.1 Å². The van der Waals surface area contributed by atoms with Gasteiger partial charge in [0, 0.05) is 29.3 Å². The second-order valence-electron chi connectivity index (χ2n) is 9.12. The van der Waals surface area contributed by atoms with Crippen LogP contribution in [0.25, 0.3) is 22.3 Å². The van der Waals surface area contributed by atoms with Crippen LogP contribution in [0, 0.1) is 5.92 Å². The number of ether oxygens (including phenoxy) is 1. The summed E-state index contributed by atoms with van der Waals surface area (Å²) < 4.78 is 41.7. The number of alkyl halides is 3. The Hall–Kier alpha value is -3.35. The third kappa shape index (κ3) is 6.02. The Balaban J connectivity index is 1.48. The van der Waals surface area contributed by atoms with Gasteiger partial charge in [-0.25, -0.2) is 4.98 Å². The lowest BCUT2D eigenvalue weighted by molar-refractivity contribution is -0.274. The average molecular weight is 483 g/mol. The molecule has 2 aromatic heterocycles. The zero-order valence-electron chi connectivity index (χ0n) is 20.1. The maximum absolute atomic E-state index is 13.1. The van der Waals surface area contributed by atoms with Crippen molar-refractivity contribution in [1.29, 1.82) is 0 Å². The van der Waals surface area contributed by atoms with Crippen molar-refractivity contribution >= 4 is 16.8 Å². The molecular formula is C28H29F3N2O2. The van der Waals surface area contributed by atoms with Crippen LogP contribution in [0.15, 0.2) is 65.4 Å². The number of halogens is 3. The van der Waals surface area contributed by atoms with Gasteiger partial charge in [-0.2, -0.15) is 0 Å². The fourth-order valence-corrected chi connectivity index (χ4v) is 4.61. The zero-order valence-corrected chi connectivity index (χ0v) is 20.1. The molecule has 4 rings (SSSR count). The summed E-state index contributed by atoms with van der Waals surface area (Å²) in [6, 6.07) is 9.62. The first-order valence-electron chi connectivity index (χ1n) is 11.9. The molecule has 1 aliphatic carbocycles. The molecule has 0 amide bonds. The monoisotopic (exact) mass is 482 g/mol. The van der Waals surface area contributed by atoms with Crippen LogP contribution in [-0.2, 0) is 11.2 Å². The molecule has 7 heteroatoms. The van der Waals surface area contributed by atoms with Crippen molar-refractivity contribution in [1.82, 2.24) is 9.97 Å². The number of carbonyl (C=O) groups is 1. The molecule has 1 N–H and O–H groups in total. The number of benzene rings is 1. The van der Waals surface area contributed by atoms with E-state index in [1.165, 1.54) is 23.8 Å². The fraction of sp³-hybridized carbons (Fsp3) is 0.357. The number of allylic oxidation sites excluding steroid dienone is 4. The minimum atomic E-state index is -4.75. The van der Waals surface area contributed by atoms with E-state index in [0.717, 1.165) is 41.4 Å². The third-order valence-corrected chi connectivity index (χ3v) is 6.70. The number of rotatable bonds is 7. The van der Waals surface area contributed by atoms with Crippen molar-refractivity contribution in [3.05, 3.63) is 71.0 Å². The van der Waals surface area contributed by atoms with Gasteiger partial charge in [-0.05, 0) is 86.4 Å². The number of aryl methyl sites for hydroxylation is 1. The number of hydrogen-bond donors (Lipinski definition) is 1. The largest absolute Gasteiger partial charge is 0.573 e. The molecule has 1 aromatic carbocycles. The van der Waals surface area contributed by atoms with Crippen LogP contribution >= 0.6 is 0 Å². The highest BCUT2D eigenvalue weighted by molar-refractivity contribution is 5.97. The molecule has 1 aliphatic rings. The van der Waals surface area contributed by atoms with Crippen LogP contribution in [0.2, 0.25) is 0 Å². The maximum Gasteiger partial charge on any atom is 0.573 e. The quantitative estimate of drug-likeness (QED) is 0.375. The number of nitrogens with one attached hydrogen (secondary N) is 1. The Morgan fingerprint density at radius 3 is 2.74 bits per heavy atom. The van der Waals surface area contributed by atoms with Crippen molar-refractivity contribution < 1.29 is 22.7 Å². The Kier molecular flexibility index (Phi) is 7.15. The van der Waals surface area contributed by atoms with Crippen LogP contribution in [0.1, 0.15) is 52.0 Å². The number of H-pyrrole nitrogens is 1. The Morgan fingerprint density at radius 1 is 1.20 bits per heavy atom. The Labute approximate surface area is 202 Å². The summed E-state index contributed by atoms with van der Waals surface area (Å²) in [4.78, 5) is 20.7. The van der Waals surface area contributed by atoms with Gasteiger partial charge in [0.05, 0.1) is 0 Å². The van der Waals surface area contributed by atoms with Crippen LogP contribution in [0.4, 0.5) is 13.2 Å². The van der Waals surface area contributed by atoms with Gasteiger partial charge in [-0.1, -0.05) is 30.7 Å². The number of pyridine rings is 1. The maximum atomic E-state index is 13.1. The molecule has 0 radical (unpaired) electrons. The number of fused-ring (bicyclic) bond motifs is 1. The molecule has 1 unspecified atom stereocenters. The first-order chi connectivity index (χ1) is 16.6. The topological polar surface area (TPSA) is 55.0 Å². The van der Waals surface area contributed by atoms with Gasteiger partial charge in [-0.15, -0.1) is 13.2 Å². The summed E-state index contributed by atoms with van der Waals surface area (Å²) in [6.45, 7) is 6.31. The minimum Gasteiger partial charge on any atom is -0.406 e. The van der Waals surface area contributed by atoms with Crippen molar-refractivity contribution in [3.8, 4) is 17.0 Å². The molecule has 0 fully saturated rings. The second-order valence-corrected chi connectivity index (χ2v) is 9.12. The summed E-state index contributed by atoms with van der Waals surface area (Å²) in [5, 5.41) is 0.835. The van der Waals surface area contributed by atoms with Crippen LogP contribution < -0.4 is 4.74 Å². The standard InChI is InChI=1S/C28H29F3N2O2/c1-4-19-8-10-24(18(3)17(2)12-19)26(34)11-9-20-13-22-15-25(33-27(22)32-16-20)21-6-5-7-23(14-21)35-28(29,30)31/h5-7,12-16,19H,4,8-11H2,1-3H3,(H,32,33). The molecule has 0 bridgehead atoms. The van der Waals surface area contributed by atoms with E-state index < -0.39 is 6.36 Å². The van der Waals surface area contributed by atoms with E-state index in [2.05, 4.69) is 34.6 Å². The zero-order chi connectivity index (χ0) is 25.2. The molecule has 2 heterocycles. The number of aromatic nitrogens is 2. The van der Waals surface area contributed by atoms with E-state index in [4.69, 9.17) is 0 Å². The second kappa shape index (κ2) is 10.1. The summed E-state index contributed by atoms with van der Waals surface area (Å²) in [6.07, 6.45) is 3.17. The van der Waals surface area contributed by atoms with Crippen molar-refractivity contribution in [3.63, 3.8) is 0 Å². The van der Waals surface area contributed by atoms with Gasteiger partial charge in [0.1, 0.15) is 11.4 Å². The van der Waals surface area contributed by atoms with Gasteiger partial charge >= 0.3 is 6.36 Å². The van der Waals surface area contributed by atoms with Gasteiger partial charge in [0.2, 0.25) is 0 Å².